The van der Waals surface area contributed by atoms with Crippen LogP contribution in [-0.4, -0.2) is 40.4 Å². The van der Waals surface area contributed by atoms with Crippen molar-refractivity contribution in [1.29, 1.82) is 0 Å². The molecule has 0 spiro atoms. The van der Waals surface area contributed by atoms with Gasteiger partial charge in [0, 0.05) is 53.1 Å². The van der Waals surface area contributed by atoms with Gasteiger partial charge in [-0.15, -0.1) is 23.2 Å². The lowest BCUT2D eigenvalue weighted by Crippen LogP contribution is -2.24. The van der Waals surface area contributed by atoms with E-state index in [1.165, 1.54) is 12.1 Å². The Bertz CT molecular complexity index is 1130. The molecule has 10 heteroatoms. The second-order valence-corrected chi connectivity index (χ2v) is 11.1. The summed E-state index contributed by atoms with van der Waals surface area (Å²) in [5.41, 5.74) is 1.28. The Morgan fingerprint density at radius 2 is 1.76 bits per heavy atom. The van der Waals surface area contributed by atoms with Gasteiger partial charge in [0.25, 0.3) is 0 Å². The van der Waals surface area contributed by atoms with Gasteiger partial charge in [-0.2, -0.15) is 0 Å². The average molecular weight is 549 g/mol. The van der Waals surface area contributed by atoms with E-state index >= 15 is 0 Å². The van der Waals surface area contributed by atoms with Crippen molar-refractivity contribution in [3.8, 4) is 0 Å². The summed E-state index contributed by atoms with van der Waals surface area (Å²) in [6, 6.07) is 9.55. The zero-order chi connectivity index (χ0) is 24.1. The Kier molecular flexibility index (Phi) is 6.92. The van der Waals surface area contributed by atoms with Crippen molar-refractivity contribution in [2.45, 2.75) is 23.1 Å². The van der Waals surface area contributed by atoms with Crippen LogP contribution in [0.2, 0.25) is 15.1 Å². The molecule has 1 saturated heterocycles. The molecule has 174 valence electrons. The maximum atomic E-state index is 13.0. The molecule has 2 aromatic carbocycles. The summed E-state index contributed by atoms with van der Waals surface area (Å²) in [4.78, 5) is 39.5. The third kappa shape index (κ3) is 4.98. The number of nitrogens with zero attached hydrogens (tertiary/aromatic N) is 1. The highest BCUT2D eigenvalue weighted by Crippen LogP contribution is 2.65. The average Bonchev–Trinajstić information content (AvgIpc) is 3.19. The molecule has 5 nitrogen and oxygen atoms in total. The molecule has 0 bridgehead atoms. The minimum Gasteiger partial charge on any atom is -0.345 e. The quantitative estimate of drug-likeness (QED) is 0.344. The number of benzene rings is 2. The maximum Gasteiger partial charge on any atom is 0.231 e. The fourth-order valence-electron chi connectivity index (χ4n) is 4.28. The molecule has 1 saturated carbocycles. The van der Waals surface area contributed by atoms with Crippen molar-refractivity contribution in [2.24, 2.45) is 11.8 Å². The normalized spacial score (nSPS) is 23.5. The van der Waals surface area contributed by atoms with Gasteiger partial charge in [0.15, 0.2) is 5.78 Å². The van der Waals surface area contributed by atoms with E-state index in [-0.39, 0.29) is 34.6 Å². The fraction of sp³-hybridized carbons (Fsp3) is 0.348. The van der Waals surface area contributed by atoms with Gasteiger partial charge < -0.3 is 10.2 Å². The van der Waals surface area contributed by atoms with Crippen LogP contribution in [0.4, 0.5) is 5.69 Å². The van der Waals surface area contributed by atoms with Crippen LogP contribution < -0.4 is 5.32 Å². The van der Waals surface area contributed by atoms with E-state index in [1.54, 1.807) is 36.2 Å². The molecule has 33 heavy (non-hydrogen) atoms. The molecule has 1 heterocycles. The monoisotopic (exact) mass is 546 g/mol. The van der Waals surface area contributed by atoms with E-state index in [1.807, 2.05) is 0 Å². The Morgan fingerprint density at radius 1 is 1.09 bits per heavy atom. The molecule has 2 aliphatic rings. The maximum absolute atomic E-state index is 13.0. The summed E-state index contributed by atoms with van der Waals surface area (Å²) in [6.45, 7) is 0.625. The molecule has 1 aliphatic heterocycles. The van der Waals surface area contributed by atoms with E-state index in [4.69, 9.17) is 58.0 Å². The molecule has 1 aliphatic carbocycles. The first-order valence-electron chi connectivity index (χ1n) is 10.2. The molecule has 0 radical (unpaired) electrons. The van der Waals surface area contributed by atoms with Crippen molar-refractivity contribution in [3.63, 3.8) is 0 Å². The second kappa shape index (κ2) is 9.27. The minimum atomic E-state index is -1.32. The molecule has 2 fully saturated rings. The first-order chi connectivity index (χ1) is 15.5. The number of alkyl halides is 2. The van der Waals surface area contributed by atoms with Crippen molar-refractivity contribution in [2.75, 3.05) is 18.9 Å². The molecule has 2 aromatic rings. The minimum absolute atomic E-state index is 0.0506. The third-order valence-corrected chi connectivity index (χ3v) is 7.79. The number of Topliss-reactive ketones (excluding diaryl/α,β-unsaturated/α-hetero) is 1. The molecule has 0 aromatic heterocycles. The van der Waals surface area contributed by atoms with Crippen LogP contribution >= 0.6 is 58.0 Å². The van der Waals surface area contributed by atoms with Crippen molar-refractivity contribution in [3.05, 3.63) is 62.6 Å². The van der Waals surface area contributed by atoms with Gasteiger partial charge in [0.05, 0.1) is 10.9 Å². The van der Waals surface area contributed by atoms with Gasteiger partial charge >= 0.3 is 0 Å². The lowest BCUT2D eigenvalue weighted by Gasteiger charge is -2.12. The number of likely N-dealkylation sites (tertiary alicyclic amines) is 1. The van der Waals surface area contributed by atoms with Crippen LogP contribution in [0.5, 0.6) is 0 Å². The number of anilines is 1. The Balaban J connectivity index is 1.48. The number of hydrogen-bond acceptors (Lipinski definition) is 3. The zero-order valence-corrected chi connectivity index (χ0v) is 21.2. The highest BCUT2D eigenvalue weighted by molar-refractivity contribution is 6.53. The number of hydrogen-bond donors (Lipinski definition) is 1. The summed E-state index contributed by atoms with van der Waals surface area (Å²) >= 11 is 31.2. The lowest BCUT2D eigenvalue weighted by atomic mass is 9.96. The van der Waals surface area contributed by atoms with Crippen molar-refractivity contribution in [1.82, 2.24) is 4.90 Å². The summed E-state index contributed by atoms with van der Waals surface area (Å²) in [5, 5.41) is 3.84. The predicted molar refractivity (Wildman–Crippen MR) is 132 cm³/mol. The van der Waals surface area contributed by atoms with E-state index in [0.717, 1.165) is 0 Å². The number of carbonyl (C=O) groups is 3. The SMILES string of the molecule is CN1CCC(CC(=O)c2cc(NC(=O)C3C(c4cc(Cl)cc(Cl)c4)C3(Cl)Cl)ccc2Cl)C1=O. The van der Waals surface area contributed by atoms with Gasteiger partial charge in [-0.3, -0.25) is 14.4 Å². The third-order valence-electron chi connectivity index (χ3n) is 6.08. The van der Waals surface area contributed by atoms with Crippen LogP contribution in [0.3, 0.4) is 0 Å². The van der Waals surface area contributed by atoms with Crippen LogP contribution in [0.15, 0.2) is 36.4 Å². The first kappa shape index (κ1) is 24.6. The van der Waals surface area contributed by atoms with E-state index in [2.05, 4.69) is 5.32 Å². The van der Waals surface area contributed by atoms with E-state index < -0.39 is 22.1 Å². The highest BCUT2D eigenvalue weighted by atomic mass is 35.5. The van der Waals surface area contributed by atoms with Crippen LogP contribution in [0.25, 0.3) is 0 Å². The van der Waals surface area contributed by atoms with Crippen molar-refractivity contribution < 1.29 is 14.4 Å². The number of rotatable bonds is 6. The largest absolute Gasteiger partial charge is 0.345 e. The van der Waals surface area contributed by atoms with Gasteiger partial charge in [-0.25, -0.2) is 0 Å². The second-order valence-electron chi connectivity index (χ2n) is 8.39. The Labute approximate surface area is 216 Å². The van der Waals surface area contributed by atoms with E-state index in [9.17, 15) is 14.4 Å². The van der Waals surface area contributed by atoms with Crippen LogP contribution in [-0.2, 0) is 9.59 Å². The molecule has 2 amide bonds. The smallest absolute Gasteiger partial charge is 0.231 e. The predicted octanol–water partition coefficient (Wildman–Crippen LogP) is 6.22. The highest BCUT2D eigenvalue weighted by Gasteiger charge is 2.67. The standard InChI is InChI=1S/C23H19Cl5N2O3/c1-30-5-4-11(22(30)33)8-18(31)16-10-15(2-3-17(16)26)29-21(32)20-19(23(20,27)28)12-6-13(24)9-14(25)7-12/h2-3,6-7,9-11,19-20H,4-5,8H2,1H3,(H,29,32). The van der Waals surface area contributed by atoms with Gasteiger partial charge in [-0.05, 0) is 48.4 Å². The number of nitrogens with one attached hydrogen (secondary N) is 1. The molecule has 4 rings (SSSR count). The fourth-order valence-corrected chi connectivity index (χ4v) is 5.87. The van der Waals surface area contributed by atoms with E-state index in [0.29, 0.717) is 34.3 Å². The number of ketones is 1. The zero-order valence-electron chi connectivity index (χ0n) is 17.4. The number of halogens is 5. The van der Waals surface area contributed by atoms with Crippen LogP contribution in [0, 0.1) is 11.8 Å². The lowest BCUT2D eigenvalue weighted by molar-refractivity contribution is -0.129. The summed E-state index contributed by atoms with van der Waals surface area (Å²) in [5.74, 6) is -2.30. The topological polar surface area (TPSA) is 66.5 Å². The Morgan fingerprint density at radius 3 is 2.36 bits per heavy atom. The van der Waals surface area contributed by atoms with Gasteiger partial charge in [0.1, 0.15) is 4.33 Å². The summed E-state index contributed by atoms with van der Waals surface area (Å²) in [6.07, 6.45) is 0.687. The van der Waals surface area contributed by atoms with Gasteiger partial charge in [-0.1, -0.05) is 34.8 Å². The summed E-state index contributed by atoms with van der Waals surface area (Å²) < 4.78 is -1.32. The van der Waals surface area contributed by atoms with Crippen molar-refractivity contribution >= 4 is 81.3 Å². The molecular weight excluding hydrogens is 530 g/mol. The molecular formula is C23H19Cl5N2O3. The Hall–Kier alpha value is -1.50. The summed E-state index contributed by atoms with van der Waals surface area (Å²) in [7, 11) is 1.71. The number of amides is 2. The molecule has 1 N–H and O–H groups in total. The molecule has 3 atom stereocenters. The molecule has 3 unspecified atom stereocenters. The van der Waals surface area contributed by atoms with Crippen LogP contribution in [0.1, 0.15) is 34.7 Å². The van der Waals surface area contributed by atoms with Gasteiger partial charge in [0.2, 0.25) is 11.8 Å². The number of carbonyl (C=O) groups excluding carboxylic acids is 3. The first-order valence-corrected chi connectivity index (χ1v) is 12.1.